The molecule has 0 fully saturated rings. The molecule has 0 aromatic heterocycles. The van der Waals surface area contributed by atoms with Gasteiger partial charge in [-0.05, 0) is 18.2 Å². The second-order valence-corrected chi connectivity index (χ2v) is 4.26. The number of anilines is 1. The maximum absolute atomic E-state index is 11.8. The maximum Gasteiger partial charge on any atom is 0.352 e. The Morgan fingerprint density at radius 3 is 2.64 bits per heavy atom. The number of aliphatic carboxylic acids is 1. The highest BCUT2D eigenvalue weighted by atomic mass is 16.4. The van der Waals surface area contributed by atoms with Gasteiger partial charge < -0.3 is 22.3 Å². The van der Waals surface area contributed by atoms with Crippen molar-refractivity contribution in [3.63, 3.8) is 0 Å². The number of hydrazone groups is 1. The molecule has 7 N–H and O–H groups in total. The molecule has 0 spiro atoms. The molecule has 0 radical (unpaired) electrons. The Morgan fingerprint density at radius 2 is 2.05 bits per heavy atom. The van der Waals surface area contributed by atoms with E-state index in [9.17, 15) is 9.59 Å². The molecule has 0 bridgehead atoms. The van der Waals surface area contributed by atoms with Gasteiger partial charge in [-0.25, -0.2) is 9.79 Å². The molecule has 1 aliphatic rings. The monoisotopic (exact) mass is 303 g/mol. The molecule has 114 valence electrons. The first kappa shape index (κ1) is 15.0. The maximum atomic E-state index is 11.8. The summed E-state index contributed by atoms with van der Waals surface area (Å²) in [6.07, 6.45) is -0.265. The molecule has 1 aromatic carbocycles. The van der Waals surface area contributed by atoms with Gasteiger partial charge in [0.15, 0.2) is 11.7 Å². The van der Waals surface area contributed by atoms with Gasteiger partial charge in [-0.3, -0.25) is 4.79 Å². The Morgan fingerprint density at radius 1 is 1.32 bits per heavy atom. The van der Waals surface area contributed by atoms with Crippen LogP contribution in [-0.4, -0.2) is 34.6 Å². The topological polar surface area (TPSA) is 173 Å². The third-order valence-electron chi connectivity index (χ3n) is 2.58. The molecule has 1 amide bonds. The number of aliphatic imine (C=N–C) groups is 2. The van der Waals surface area contributed by atoms with Gasteiger partial charge in [-0.2, -0.15) is 15.1 Å². The summed E-state index contributed by atoms with van der Waals surface area (Å²) in [6.45, 7) is 0. The number of rotatable bonds is 3. The molecule has 0 atom stereocenters. The number of hydrogen-bond donors (Lipinski definition) is 4. The van der Waals surface area contributed by atoms with Crippen LogP contribution in [0.25, 0.3) is 0 Å². The highest BCUT2D eigenvalue weighted by Crippen LogP contribution is 2.25. The largest absolute Gasteiger partial charge is 0.477 e. The Labute approximate surface area is 124 Å². The Hall–Kier alpha value is -3.43. The van der Waals surface area contributed by atoms with Crippen molar-refractivity contribution in [2.75, 3.05) is 5.01 Å². The van der Waals surface area contributed by atoms with Gasteiger partial charge in [0.2, 0.25) is 5.96 Å². The number of hydrogen-bond acceptors (Lipinski definition) is 4. The Kier molecular flexibility index (Phi) is 4.02. The number of nitrogens with two attached hydrogens (primary N) is 3. The molecule has 22 heavy (non-hydrogen) atoms. The SMILES string of the molecule is NC(N)=NC(N)=Nc1cccc(N2N=C(C(=O)O)CC2=O)c1. The molecule has 0 unspecified atom stereocenters. The summed E-state index contributed by atoms with van der Waals surface area (Å²) in [5.74, 6) is -2.07. The van der Waals surface area contributed by atoms with Crippen LogP contribution in [0.2, 0.25) is 0 Å². The lowest BCUT2D eigenvalue weighted by Crippen LogP contribution is -2.26. The van der Waals surface area contributed by atoms with Crippen molar-refractivity contribution in [1.29, 1.82) is 0 Å². The Bertz CT molecular complexity index is 719. The number of carbonyl (C=O) groups excluding carboxylic acids is 1. The van der Waals surface area contributed by atoms with Crippen LogP contribution >= 0.6 is 0 Å². The van der Waals surface area contributed by atoms with Gasteiger partial charge in [0, 0.05) is 0 Å². The lowest BCUT2D eigenvalue weighted by Gasteiger charge is -2.11. The van der Waals surface area contributed by atoms with Crippen LogP contribution in [0, 0.1) is 0 Å². The molecule has 1 heterocycles. The van der Waals surface area contributed by atoms with E-state index in [1.807, 2.05) is 0 Å². The van der Waals surface area contributed by atoms with Crippen LogP contribution in [-0.2, 0) is 9.59 Å². The first-order valence-electron chi connectivity index (χ1n) is 6.04. The van der Waals surface area contributed by atoms with Crippen molar-refractivity contribution < 1.29 is 14.7 Å². The third-order valence-corrected chi connectivity index (χ3v) is 2.58. The van der Waals surface area contributed by atoms with Crippen molar-refractivity contribution in [1.82, 2.24) is 0 Å². The minimum atomic E-state index is -1.23. The predicted octanol–water partition coefficient (Wildman–Crippen LogP) is -0.916. The fraction of sp³-hybridized carbons (Fsp3) is 0.0833. The number of carboxylic acids is 1. The van der Waals surface area contributed by atoms with Crippen molar-refractivity contribution in [3.8, 4) is 0 Å². The first-order chi connectivity index (χ1) is 10.4. The molecule has 10 nitrogen and oxygen atoms in total. The summed E-state index contributed by atoms with van der Waals surface area (Å²) in [6, 6.07) is 6.31. The first-order valence-corrected chi connectivity index (χ1v) is 6.04. The number of carboxylic acid groups (broad SMARTS) is 1. The normalized spacial score (nSPS) is 14.7. The van der Waals surface area contributed by atoms with E-state index in [0.29, 0.717) is 11.4 Å². The van der Waals surface area contributed by atoms with Crippen molar-refractivity contribution in [2.45, 2.75) is 6.42 Å². The highest BCUT2D eigenvalue weighted by Gasteiger charge is 2.29. The van der Waals surface area contributed by atoms with Gasteiger partial charge in [0.1, 0.15) is 0 Å². The summed E-state index contributed by atoms with van der Waals surface area (Å²) in [7, 11) is 0. The fourth-order valence-corrected chi connectivity index (χ4v) is 1.73. The van der Waals surface area contributed by atoms with E-state index < -0.39 is 11.9 Å². The minimum absolute atomic E-state index is 0.153. The van der Waals surface area contributed by atoms with Crippen molar-refractivity contribution in [2.24, 2.45) is 32.3 Å². The van der Waals surface area contributed by atoms with Crippen LogP contribution in [0.4, 0.5) is 11.4 Å². The second-order valence-electron chi connectivity index (χ2n) is 4.26. The van der Waals surface area contributed by atoms with E-state index in [0.717, 1.165) is 5.01 Å². The molecule has 0 saturated heterocycles. The predicted molar refractivity (Wildman–Crippen MR) is 80.7 cm³/mol. The van der Waals surface area contributed by atoms with Gasteiger partial charge >= 0.3 is 5.97 Å². The molecule has 0 aliphatic carbocycles. The lowest BCUT2D eigenvalue weighted by atomic mass is 10.2. The van der Waals surface area contributed by atoms with Gasteiger partial charge in [-0.15, -0.1) is 0 Å². The van der Waals surface area contributed by atoms with Crippen LogP contribution in [0.15, 0.2) is 39.4 Å². The van der Waals surface area contributed by atoms with Gasteiger partial charge in [0.05, 0.1) is 17.8 Å². The summed E-state index contributed by atoms with van der Waals surface area (Å²) < 4.78 is 0. The average Bonchev–Trinajstić information content (AvgIpc) is 2.80. The van der Waals surface area contributed by atoms with E-state index in [2.05, 4.69) is 15.1 Å². The van der Waals surface area contributed by atoms with Gasteiger partial charge in [-0.1, -0.05) is 6.07 Å². The minimum Gasteiger partial charge on any atom is -0.477 e. The lowest BCUT2D eigenvalue weighted by molar-refractivity contribution is -0.129. The highest BCUT2D eigenvalue weighted by molar-refractivity contribution is 6.42. The van der Waals surface area contributed by atoms with Crippen LogP contribution in [0.3, 0.4) is 0 Å². The van der Waals surface area contributed by atoms with E-state index in [1.54, 1.807) is 18.2 Å². The fourth-order valence-electron chi connectivity index (χ4n) is 1.73. The van der Waals surface area contributed by atoms with Crippen LogP contribution in [0.5, 0.6) is 0 Å². The Balaban J connectivity index is 2.31. The number of amides is 1. The van der Waals surface area contributed by atoms with Crippen molar-refractivity contribution in [3.05, 3.63) is 24.3 Å². The summed E-state index contributed by atoms with van der Waals surface area (Å²) in [5.41, 5.74) is 16.4. The zero-order valence-corrected chi connectivity index (χ0v) is 11.3. The number of guanidine groups is 2. The van der Waals surface area contributed by atoms with Crippen LogP contribution < -0.4 is 22.2 Å². The summed E-state index contributed by atoms with van der Waals surface area (Å²) >= 11 is 0. The molecule has 1 aliphatic heterocycles. The quantitative estimate of drug-likeness (QED) is 0.415. The zero-order valence-electron chi connectivity index (χ0n) is 11.3. The second kappa shape index (κ2) is 5.91. The summed E-state index contributed by atoms with van der Waals surface area (Å²) in [5, 5.41) is 13.6. The third kappa shape index (κ3) is 3.36. The number of carbonyl (C=O) groups is 2. The molecule has 10 heteroatoms. The molecule has 2 rings (SSSR count). The summed E-state index contributed by atoms with van der Waals surface area (Å²) in [4.78, 5) is 30.2. The van der Waals surface area contributed by atoms with Gasteiger partial charge in [0.25, 0.3) is 5.91 Å². The smallest absolute Gasteiger partial charge is 0.352 e. The molecule has 0 saturated carbocycles. The standard InChI is InChI=1S/C12H13N7O3/c13-11(14)17-12(15)16-6-2-1-3-7(4-6)19-9(20)5-8(18-19)10(21)22/h1-4H,5H2,(H,21,22)(H6,13,14,15,16,17). The average molecular weight is 303 g/mol. The number of benzene rings is 1. The van der Waals surface area contributed by atoms with Crippen molar-refractivity contribution >= 4 is 40.9 Å². The molecular formula is C12H13N7O3. The van der Waals surface area contributed by atoms with E-state index in [4.69, 9.17) is 22.3 Å². The molecular weight excluding hydrogens is 290 g/mol. The number of nitrogens with zero attached hydrogens (tertiary/aromatic N) is 4. The van der Waals surface area contributed by atoms with Crippen LogP contribution in [0.1, 0.15) is 6.42 Å². The van der Waals surface area contributed by atoms with E-state index in [-0.39, 0.29) is 24.1 Å². The zero-order chi connectivity index (χ0) is 16.3. The molecule has 1 aromatic rings. The van der Waals surface area contributed by atoms with E-state index >= 15 is 0 Å². The van der Waals surface area contributed by atoms with E-state index in [1.165, 1.54) is 6.07 Å².